The first-order valence-corrected chi connectivity index (χ1v) is 8.06. The van der Waals surface area contributed by atoms with E-state index in [1.165, 1.54) is 12.1 Å². The maximum Gasteiger partial charge on any atom is 0.410 e. The summed E-state index contributed by atoms with van der Waals surface area (Å²) >= 11 is 4.79. The van der Waals surface area contributed by atoms with Gasteiger partial charge < -0.3 is 25.4 Å². The summed E-state index contributed by atoms with van der Waals surface area (Å²) in [6, 6.07) is 4.45. The Morgan fingerprint density at radius 1 is 1.46 bits per heavy atom. The average Bonchev–Trinajstić information content (AvgIpc) is 2.89. The van der Waals surface area contributed by atoms with Gasteiger partial charge in [-0.3, -0.25) is 0 Å². The molecule has 1 aromatic rings. The molecule has 1 aromatic carbocycles. The van der Waals surface area contributed by atoms with E-state index < -0.39 is 17.5 Å². The Balaban J connectivity index is 2.03. The van der Waals surface area contributed by atoms with Gasteiger partial charge >= 0.3 is 6.09 Å². The molecule has 0 aliphatic carbocycles. The molecule has 0 aromatic heterocycles. The Morgan fingerprint density at radius 2 is 2.17 bits per heavy atom. The van der Waals surface area contributed by atoms with E-state index in [0.717, 1.165) is 0 Å². The Bertz CT molecular complexity index is 633. The summed E-state index contributed by atoms with van der Waals surface area (Å²) in [5, 5.41) is 2.71. The van der Waals surface area contributed by atoms with Gasteiger partial charge in [0.1, 0.15) is 11.7 Å². The van der Waals surface area contributed by atoms with Crippen LogP contribution in [0.1, 0.15) is 27.2 Å². The molecule has 1 heterocycles. The second-order valence-electron chi connectivity index (χ2n) is 6.56. The summed E-state index contributed by atoms with van der Waals surface area (Å²) in [5.74, 6) is -0.478. The lowest BCUT2D eigenvalue weighted by Gasteiger charge is -2.24. The van der Waals surface area contributed by atoms with Crippen LogP contribution in [0.15, 0.2) is 18.2 Å². The first-order chi connectivity index (χ1) is 11.2. The minimum absolute atomic E-state index is 0.0206. The van der Waals surface area contributed by atoms with Crippen molar-refractivity contribution in [1.29, 1.82) is 0 Å². The number of nitrogens with one attached hydrogen (secondary N) is 1. The van der Waals surface area contributed by atoms with Crippen molar-refractivity contribution in [2.45, 2.75) is 38.9 Å². The summed E-state index contributed by atoms with van der Waals surface area (Å²) in [5.41, 5.74) is 5.24. The Labute approximate surface area is 146 Å². The fraction of sp³-hybridized carbons (Fsp3) is 0.500. The third-order valence-electron chi connectivity index (χ3n) is 3.31. The van der Waals surface area contributed by atoms with E-state index in [-0.39, 0.29) is 17.0 Å². The molecule has 24 heavy (non-hydrogen) atoms. The number of carbonyl (C=O) groups excluding carboxylic acids is 1. The molecule has 1 amide bonds. The number of amides is 1. The van der Waals surface area contributed by atoms with Gasteiger partial charge in [0.15, 0.2) is 16.7 Å². The summed E-state index contributed by atoms with van der Waals surface area (Å²) in [4.78, 5) is 13.6. The van der Waals surface area contributed by atoms with Crippen LogP contribution >= 0.6 is 12.2 Å². The van der Waals surface area contributed by atoms with Gasteiger partial charge in [-0.25, -0.2) is 9.18 Å². The number of para-hydroxylation sites is 1. The van der Waals surface area contributed by atoms with Crippen molar-refractivity contribution in [1.82, 2.24) is 4.90 Å². The highest BCUT2D eigenvalue weighted by molar-refractivity contribution is 7.80. The molecule has 1 saturated heterocycles. The van der Waals surface area contributed by atoms with Crippen molar-refractivity contribution < 1.29 is 18.7 Å². The van der Waals surface area contributed by atoms with E-state index in [1.807, 2.05) is 20.8 Å². The molecule has 0 bridgehead atoms. The van der Waals surface area contributed by atoms with E-state index in [4.69, 9.17) is 27.4 Å². The number of halogens is 1. The molecule has 132 valence electrons. The number of thiocarbonyl (C=S) groups is 1. The summed E-state index contributed by atoms with van der Waals surface area (Å²) in [6.07, 6.45) is -0.148. The zero-order chi connectivity index (χ0) is 17.9. The molecular weight excluding hydrogens is 333 g/mol. The summed E-state index contributed by atoms with van der Waals surface area (Å²) in [7, 11) is 0. The molecule has 0 saturated carbocycles. The second kappa shape index (κ2) is 7.21. The molecular formula is C16H22FN3O3S. The normalized spacial score (nSPS) is 17.5. The van der Waals surface area contributed by atoms with Gasteiger partial charge in [-0.1, -0.05) is 6.07 Å². The highest BCUT2D eigenvalue weighted by Gasteiger charge is 2.31. The van der Waals surface area contributed by atoms with E-state index in [0.29, 0.717) is 25.2 Å². The zero-order valence-electron chi connectivity index (χ0n) is 14.0. The molecule has 0 spiro atoms. The standard InChI is InChI=1S/C16H22FN3O3S/c1-16(2,3)23-15(21)20-8-7-10(9-20)22-13-11(17)5-4-6-12(13)19-14(18)24/h4-6,10H,7-9H2,1-3H3,(H3,18,19,24). The number of anilines is 1. The molecule has 6 nitrogen and oxygen atoms in total. The first-order valence-electron chi connectivity index (χ1n) is 7.65. The lowest BCUT2D eigenvalue weighted by Crippen LogP contribution is -2.36. The highest BCUT2D eigenvalue weighted by atomic mass is 32.1. The van der Waals surface area contributed by atoms with Gasteiger partial charge in [0.2, 0.25) is 0 Å². The van der Waals surface area contributed by atoms with Crippen LogP contribution in [-0.4, -0.2) is 40.9 Å². The molecule has 1 unspecified atom stereocenters. The number of hydrogen-bond donors (Lipinski definition) is 2. The second-order valence-corrected chi connectivity index (χ2v) is 7.00. The topological polar surface area (TPSA) is 76.8 Å². The van der Waals surface area contributed by atoms with Crippen molar-refractivity contribution in [3.8, 4) is 5.75 Å². The molecule has 3 N–H and O–H groups in total. The van der Waals surface area contributed by atoms with Crippen LogP contribution in [0.25, 0.3) is 0 Å². The fourth-order valence-corrected chi connectivity index (χ4v) is 2.45. The van der Waals surface area contributed by atoms with Gasteiger partial charge in [-0.15, -0.1) is 0 Å². The lowest BCUT2D eigenvalue weighted by atomic mass is 10.2. The Morgan fingerprint density at radius 3 is 2.79 bits per heavy atom. The third-order valence-corrected chi connectivity index (χ3v) is 3.41. The molecule has 2 rings (SSSR count). The Hall–Kier alpha value is -2.09. The first kappa shape index (κ1) is 18.3. The third kappa shape index (κ3) is 4.95. The van der Waals surface area contributed by atoms with Gasteiger partial charge in [0.05, 0.1) is 12.2 Å². The number of benzene rings is 1. The highest BCUT2D eigenvalue weighted by Crippen LogP contribution is 2.30. The van der Waals surface area contributed by atoms with Crippen LogP contribution in [0.5, 0.6) is 5.75 Å². The maximum absolute atomic E-state index is 14.1. The molecule has 8 heteroatoms. The van der Waals surface area contributed by atoms with Crippen LogP contribution in [0.3, 0.4) is 0 Å². The van der Waals surface area contributed by atoms with Crippen molar-refractivity contribution in [2.24, 2.45) is 5.73 Å². The quantitative estimate of drug-likeness (QED) is 0.812. The van der Waals surface area contributed by atoms with Crippen LogP contribution in [0.2, 0.25) is 0 Å². The number of carbonyl (C=O) groups is 1. The maximum atomic E-state index is 14.1. The van der Waals surface area contributed by atoms with Crippen LogP contribution in [0.4, 0.5) is 14.9 Å². The van der Waals surface area contributed by atoms with Crippen molar-refractivity contribution in [2.75, 3.05) is 18.4 Å². The largest absolute Gasteiger partial charge is 0.483 e. The number of nitrogens with zero attached hydrogens (tertiary/aromatic N) is 1. The van der Waals surface area contributed by atoms with Crippen molar-refractivity contribution in [3.63, 3.8) is 0 Å². The molecule has 1 fully saturated rings. The SMILES string of the molecule is CC(C)(C)OC(=O)N1CCC(Oc2c(F)cccc2NC(N)=S)C1. The van der Waals surface area contributed by atoms with Crippen LogP contribution < -0.4 is 15.8 Å². The van der Waals surface area contributed by atoms with Crippen LogP contribution in [-0.2, 0) is 4.74 Å². The van der Waals surface area contributed by atoms with E-state index >= 15 is 0 Å². The smallest absolute Gasteiger partial charge is 0.410 e. The van der Waals surface area contributed by atoms with Crippen LogP contribution in [0, 0.1) is 5.82 Å². The number of ether oxygens (including phenoxy) is 2. The number of nitrogens with two attached hydrogens (primary N) is 1. The molecule has 1 aliphatic heterocycles. The minimum Gasteiger partial charge on any atom is -0.483 e. The van der Waals surface area contributed by atoms with E-state index in [2.05, 4.69) is 5.32 Å². The Kier molecular flexibility index (Phi) is 5.48. The van der Waals surface area contributed by atoms with Gasteiger partial charge in [-0.05, 0) is 45.1 Å². The molecule has 0 radical (unpaired) electrons. The van der Waals surface area contributed by atoms with Gasteiger partial charge in [-0.2, -0.15) is 0 Å². The predicted octanol–water partition coefficient (Wildman–Crippen LogP) is 2.87. The number of hydrogen-bond acceptors (Lipinski definition) is 4. The van der Waals surface area contributed by atoms with Gasteiger partial charge in [0.25, 0.3) is 0 Å². The monoisotopic (exact) mass is 355 g/mol. The average molecular weight is 355 g/mol. The molecule has 1 atom stereocenters. The molecule has 1 aliphatic rings. The number of rotatable bonds is 3. The predicted molar refractivity (Wildman–Crippen MR) is 93.6 cm³/mol. The number of likely N-dealkylation sites (tertiary alicyclic amines) is 1. The summed E-state index contributed by atoms with van der Waals surface area (Å²) < 4.78 is 25.2. The van der Waals surface area contributed by atoms with E-state index in [1.54, 1.807) is 11.0 Å². The van der Waals surface area contributed by atoms with Crippen molar-refractivity contribution >= 4 is 29.1 Å². The van der Waals surface area contributed by atoms with Gasteiger partial charge in [0, 0.05) is 13.0 Å². The summed E-state index contributed by atoms with van der Waals surface area (Å²) in [6.45, 7) is 6.24. The zero-order valence-corrected chi connectivity index (χ0v) is 14.8. The van der Waals surface area contributed by atoms with E-state index in [9.17, 15) is 9.18 Å². The fourth-order valence-electron chi connectivity index (χ4n) is 2.34. The lowest BCUT2D eigenvalue weighted by molar-refractivity contribution is 0.0275. The van der Waals surface area contributed by atoms with Crippen molar-refractivity contribution in [3.05, 3.63) is 24.0 Å². The minimum atomic E-state index is -0.560.